The lowest BCUT2D eigenvalue weighted by atomic mass is 10.1. The molecule has 0 aliphatic heterocycles. The molecule has 1 aromatic rings. The van der Waals surface area contributed by atoms with Gasteiger partial charge in [-0.05, 0) is 25.0 Å². The molecule has 1 fully saturated rings. The molecule has 5 nitrogen and oxygen atoms in total. The predicted molar refractivity (Wildman–Crippen MR) is 85.2 cm³/mol. The van der Waals surface area contributed by atoms with Gasteiger partial charge in [0.25, 0.3) is 11.6 Å². The standard InChI is InChI=1S/C14H16BrClN2O3/c15-7-8-17(11-3-1-2-4-11)14(19)12-9-10(16)5-6-13(12)18(20)21/h5-6,9,11H,1-4,7-8H2. The highest BCUT2D eigenvalue weighted by molar-refractivity contribution is 9.09. The molecule has 0 unspecified atom stereocenters. The quantitative estimate of drug-likeness (QED) is 0.443. The Morgan fingerprint density at radius 2 is 2.10 bits per heavy atom. The number of amides is 1. The summed E-state index contributed by atoms with van der Waals surface area (Å²) < 4.78 is 0. The molecule has 0 atom stereocenters. The average molecular weight is 376 g/mol. The summed E-state index contributed by atoms with van der Waals surface area (Å²) in [5.41, 5.74) is -0.123. The summed E-state index contributed by atoms with van der Waals surface area (Å²) in [4.78, 5) is 25.1. The highest BCUT2D eigenvalue weighted by atomic mass is 79.9. The molecule has 0 bridgehead atoms. The van der Waals surface area contributed by atoms with Crippen LogP contribution in [0.3, 0.4) is 0 Å². The lowest BCUT2D eigenvalue weighted by Gasteiger charge is -2.28. The van der Waals surface area contributed by atoms with Crippen LogP contribution >= 0.6 is 27.5 Å². The normalized spacial score (nSPS) is 15.1. The smallest absolute Gasteiger partial charge is 0.282 e. The number of nitrogens with zero attached hydrogens (tertiary/aromatic N) is 2. The van der Waals surface area contributed by atoms with Crippen molar-refractivity contribution in [2.75, 3.05) is 11.9 Å². The van der Waals surface area contributed by atoms with Crippen LogP contribution in [0.5, 0.6) is 0 Å². The molecule has 2 rings (SSSR count). The van der Waals surface area contributed by atoms with Gasteiger partial charge in [-0.1, -0.05) is 40.4 Å². The zero-order valence-electron chi connectivity index (χ0n) is 11.4. The van der Waals surface area contributed by atoms with Crippen LogP contribution in [0, 0.1) is 10.1 Å². The van der Waals surface area contributed by atoms with Crippen molar-refractivity contribution in [2.24, 2.45) is 0 Å². The molecule has 1 aliphatic carbocycles. The first-order valence-electron chi connectivity index (χ1n) is 6.85. The molecule has 1 amide bonds. The fraction of sp³-hybridized carbons (Fsp3) is 0.500. The van der Waals surface area contributed by atoms with E-state index in [1.165, 1.54) is 18.2 Å². The minimum atomic E-state index is -0.537. The van der Waals surface area contributed by atoms with Gasteiger partial charge in [0.05, 0.1) is 4.92 Å². The van der Waals surface area contributed by atoms with E-state index in [2.05, 4.69) is 15.9 Å². The van der Waals surface area contributed by atoms with Crippen LogP contribution in [0.2, 0.25) is 5.02 Å². The second kappa shape index (κ2) is 7.22. The fourth-order valence-corrected chi connectivity index (χ4v) is 3.30. The number of nitro benzene ring substituents is 1. The van der Waals surface area contributed by atoms with Crippen LogP contribution in [-0.4, -0.2) is 33.6 Å². The Labute approximate surface area is 136 Å². The van der Waals surface area contributed by atoms with Gasteiger partial charge in [-0.2, -0.15) is 0 Å². The van der Waals surface area contributed by atoms with E-state index in [0.29, 0.717) is 16.9 Å². The van der Waals surface area contributed by atoms with Crippen LogP contribution in [0.1, 0.15) is 36.0 Å². The van der Waals surface area contributed by atoms with Crippen LogP contribution < -0.4 is 0 Å². The van der Waals surface area contributed by atoms with Gasteiger partial charge in [0.15, 0.2) is 0 Å². The summed E-state index contributed by atoms with van der Waals surface area (Å²) in [5, 5.41) is 12.1. The first-order valence-corrected chi connectivity index (χ1v) is 8.35. The SMILES string of the molecule is O=C(c1cc(Cl)ccc1[N+](=O)[O-])N(CCBr)C1CCCC1. The number of hydrogen-bond donors (Lipinski definition) is 0. The van der Waals surface area contributed by atoms with E-state index in [-0.39, 0.29) is 23.2 Å². The van der Waals surface area contributed by atoms with E-state index in [4.69, 9.17) is 11.6 Å². The van der Waals surface area contributed by atoms with Crippen molar-refractivity contribution in [2.45, 2.75) is 31.7 Å². The molecule has 0 spiro atoms. The molecule has 0 heterocycles. The average Bonchev–Trinajstić information content (AvgIpc) is 2.97. The third-order valence-corrected chi connectivity index (χ3v) is 4.33. The van der Waals surface area contributed by atoms with Gasteiger partial charge < -0.3 is 4.90 Å². The lowest BCUT2D eigenvalue weighted by Crippen LogP contribution is -2.40. The number of carbonyl (C=O) groups is 1. The third-order valence-electron chi connectivity index (χ3n) is 3.74. The molecule has 0 aromatic heterocycles. The molecular formula is C14H16BrClN2O3. The van der Waals surface area contributed by atoms with Crippen LogP contribution in [-0.2, 0) is 0 Å². The molecule has 1 aromatic carbocycles. The summed E-state index contributed by atoms with van der Waals surface area (Å²) >= 11 is 9.25. The maximum absolute atomic E-state index is 12.7. The second-order valence-corrected chi connectivity index (χ2v) is 6.27. The molecular weight excluding hydrogens is 360 g/mol. The van der Waals surface area contributed by atoms with Crippen molar-refractivity contribution in [1.29, 1.82) is 0 Å². The monoisotopic (exact) mass is 374 g/mol. The van der Waals surface area contributed by atoms with Gasteiger partial charge in [-0.25, -0.2) is 0 Å². The zero-order chi connectivity index (χ0) is 15.4. The van der Waals surface area contributed by atoms with Gasteiger partial charge in [0, 0.05) is 29.0 Å². The van der Waals surface area contributed by atoms with E-state index in [1.54, 1.807) is 4.90 Å². The second-order valence-electron chi connectivity index (χ2n) is 5.04. The molecule has 0 radical (unpaired) electrons. The van der Waals surface area contributed by atoms with Gasteiger partial charge >= 0.3 is 0 Å². The summed E-state index contributed by atoms with van der Waals surface area (Å²) in [6, 6.07) is 4.27. The van der Waals surface area contributed by atoms with Crippen molar-refractivity contribution in [3.8, 4) is 0 Å². The van der Waals surface area contributed by atoms with Crippen LogP contribution in [0.15, 0.2) is 18.2 Å². The van der Waals surface area contributed by atoms with E-state index < -0.39 is 4.92 Å². The minimum Gasteiger partial charge on any atom is -0.335 e. The third kappa shape index (κ3) is 3.74. The van der Waals surface area contributed by atoms with E-state index >= 15 is 0 Å². The Kier molecular flexibility index (Phi) is 5.58. The predicted octanol–water partition coefficient (Wildman–Crippen LogP) is 4.03. The highest BCUT2D eigenvalue weighted by Crippen LogP contribution is 2.29. The Balaban J connectivity index is 2.35. The van der Waals surface area contributed by atoms with E-state index in [0.717, 1.165) is 25.7 Å². The molecule has 0 saturated heterocycles. The molecule has 1 aliphatic rings. The molecule has 114 valence electrons. The minimum absolute atomic E-state index is 0.0698. The number of nitro groups is 1. The lowest BCUT2D eigenvalue weighted by molar-refractivity contribution is -0.385. The van der Waals surface area contributed by atoms with Crippen molar-refractivity contribution in [3.05, 3.63) is 38.9 Å². The van der Waals surface area contributed by atoms with Crippen molar-refractivity contribution in [3.63, 3.8) is 0 Å². The van der Waals surface area contributed by atoms with Crippen molar-refractivity contribution < 1.29 is 9.72 Å². The van der Waals surface area contributed by atoms with Gasteiger partial charge in [0.2, 0.25) is 0 Å². The van der Waals surface area contributed by atoms with E-state index in [1.807, 2.05) is 0 Å². The Morgan fingerprint density at radius 1 is 1.43 bits per heavy atom. The maximum atomic E-state index is 12.7. The molecule has 1 saturated carbocycles. The zero-order valence-corrected chi connectivity index (χ0v) is 13.8. The van der Waals surface area contributed by atoms with Crippen molar-refractivity contribution >= 4 is 39.1 Å². The largest absolute Gasteiger partial charge is 0.335 e. The number of alkyl halides is 1. The topological polar surface area (TPSA) is 63.4 Å². The summed E-state index contributed by atoms with van der Waals surface area (Å²) in [7, 11) is 0. The molecule has 21 heavy (non-hydrogen) atoms. The van der Waals surface area contributed by atoms with Crippen LogP contribution in [0.25, 0.3) is 0 Å². The number of halogens is 2. The number of carbonyl (C=O) groups excluding carboxylic acids is 1. The molecule has 7 heteroatoms. The van der Waals surface area contributed by atoms with E-state index in [9.17, 15) is 14.9 Å². The number of rotatable bonds is 5. The van der Waals surface area contributed by atoms with Gasteiger partial charge in [-0.3, -0.25) is 14.9 Å². The highest BCUT2D eigenvalue weighted by Gasteiger charge is 2.30. The fourth-order valence-electron chi connectivity index (χ4n) is 2.75. The van der Waals surface area contributed by atoms with Crippen LogP contribution in [0.4, 0.5) is 5.69 Å². The number of hydrogen-bond acceptors (Lipinski definition) is 3. The first-order chi connectivity index (χ1) is 10.0. The summed E-state index contributed by atoms with van der Waals surface area (Å²) in [6.45, 7) is 0.535. The van der Waals surface area contributed by atoms with Gasteiger partial charge in [-0.15, -0.1) is 0 Å². The Morgan fingerprint density at radius 3 is 2.67 bits per heavy atom. The summed E-state index contributed by atoms with van der Waals surface area (Å²) in [6.07, 6.45) is 4.09. The maximum Gasteiger partial charge on any atom is 0.282 e. The molecule has 0 N–H and O–H groups in total. The summed E-state index contributed by atoms with van der Waals surface area (Å²) in [5.74, 6) is -0.310. The first kappa shape index (κ1) is 16.2. The Bertz CT molecular complexity index is 547. The van der Waals surface area contributed by atoms with Crippen molar-refractivity contribution in [1.82, 2.24) is 4.90 Å². The van der Waals surface area contributed by atoms with Gasteiger partial charge in [0.1, 0.15) is 5.56 Å². The Hall–Kier alpha value is -1.14. The number of benzene rings is 1.